The number of ether oxygens (including phenoxy) is 4. The van der Waals surface area contributed by atoms with Crippen molar-refractivity contribution in [2.75, 3.05) is 13.2 Å². The molecule has 7 heteroatoms. The Morgan fingerprint density at radius 3 is 2.85 bits per heavy atom. The van der Waals surface area contributed by atoms with Gasteiger partial charge >= 0.3 is 0 Å². The molecule has 4 aliphatic rings. The second kappa shape index (κ2) is 3.93. The molecular weight excluding hydrogens is 264 g/mol. The number of rotatable bonds is 0. The Morgan fingerprint density at radius 1 is 1.30 bits per heavy atom. The van der Waals surface area contributed by atoms with Crippen molar-refractivity contribution in [2.45, 2.75) is 51.1 Å². The van der Waals surface area contributed by atoms with E-state index in [0.717, 1.165) is 0 Å². The summed E-state index contributed by atoms with van der Waals surface area (Å²) in [5.41, 5.74) is 0. The van der Waals surface area contributed by atoms with Crippen LogP contribution in [0, 0.1) is 5.92 Å². The van der Waals surface area contributed by atoms with Gasteiger partial charge in [-0.1, -0.05) is 6.92 Å². The Bertz CT molecular complexity index is 491. The molecule has 0 saturated carbocycles. The minimum absolute atomic E-state index is 0.135. The average Bonchev–Trinajstić information content (AvgIpc) is 2.76. The highest BCUT2D eigenvalue weighted by molar-refractivity contribution is 5.94. The van der Waals surface area contributed by atoms with Crippen molar-refractivity contribution in [1.82, 2.24) is 4.90 Å². The summed E-state index contributed by atoms with van der Waals surface area (Å²) < 4.78 is 23.5. The van der Waals surface area contributed by atoms with Crippen molar-refractivity contribution < 1.29 is 23.7 Å². The standard InChI is InChI=1S/C13H18N2O5/c1-6-4-15-11-9-8(19-13(2,3)20-9)7(18-11)5-17-12(15)14-10(6)16/h6-9,11H,4-5H2,1-3H3/t6-,7+,8+,9+,11+/m0/s1. The monoisotopic (exact) mass is 282 g/mol. The molecule has 4 rings (SSSR count). The second-order valence-corrected chi connectivity index (χ2v) is 6.23. The number of carbonyl (C=O) groups is 1. The number of aliphatic imine (C=N–C) groups is 1. The molecule has 0 aromatic rings. The molecule has 0 unspecified atom stereocenters. The largest absolute Gasteiger partial charge is 0.462 e. The van der Waals surface area contributed by atoms with Crippen LogP contribution in [0.4, 0.5) is 0 Å². The fourth-order valence-electron chi connectivity index (χ4n) is 3.25. The van der Waals surface area contributed by atoms with Gasteiger partial charge in [-0.05, 0) is 13.8 Å². The van der Waals surface area contributed by atoms with Gasteiger partial charge in [0, 0.05) is 6.54 Å². The van der Waals surface area contributed by atoms with Crippen LogP contribution in [0.15, 0.2) is 4.99 Å². The summed E-state index contributed by atoms with van der Waals surface area (Å²) in [6.45, 7) is 6.51. The van der Waals surface area contributed by atoms with E-state index in [9.17, 15) is 4.79 Å². The number of hydrogen-bond donors (Lipinski definition) is 0. The summed E-state index contributed by atoms with van der Waals surface area (Å²) in [4.78, 5) is 17.6. The summed E-state index contributed by atoms with van der Waals surface area (Å²) >= 11 is 0. The Labute approximate surface area is 116 Å². The lowest BCUT2D eigenvalue weighted by atomic mass is 10.1. The van der Waals surface area contributed by atoms with Gasteiger partial charge in [0.1, 0.15) is 24.9 Å². The van der Waals surface area contributed by atoms with Gasteiger partial charge in [-0.3, -0.25) is 9.69 Å². The third kappa shape index (κ3) is 1.70. The van der Waals surface area contributed by atoms with Gasteiger partial charge in [-0.2, -0.15) is 4.99 Å². The van der Waals surface area contributed by atoms with Gasteiger partial charge in [0.2, 0.25) is 0 Å². The van der Waals surface area contributed by atoms with Crippen molar-refractivity contribution in [2.24, 2.45) is 10.9 Å². The molecule has 1 amide bonds. The van der Waals surface area contributed by atoms with E-state index < -0.39 is 5.79 Å². The molecule has 20 heavy (non-hydrogen) atoms. The molecule has 0 radical (unpaired) electrons. The molecule has 2 bridgehead atoms. The van der Waals surface area contributed by atoms with Crippen molar-refractivity contribution in [3.63, 3.8) is 0 Å². The number of carbonyl (C=O) groups excluding carboxylic acids is 1. The van der Waals surface area contributed by atoms with Crippen LogP contribution in [-0.4, -0.2) is 60.3 Å². The molecular formula is C13H18N2O5. The van der Waals surface area contributed by atoms with Crippen LogP contribution in [0.2, 0.25) is 0 Å². The maximum absolute atomic E-state index is 11.7. The fraction of sp³-hybridized carbons (Fsp3) is 0.846. The fourth-order valence-corrected chi connectivity index (χ4v) is 3.25. The molecule has 110 valence electrons. The van der Waals surface area contributed by atoms with Crippen LogP contribution in [-0.2, 0) is 23.7 Å². The van der Waals surface area contributed by atoms with Gasteiger partial charge < -0.3 is 18.9 Å². The van der Waals surface area contributed by atoms with Gasteiger partial charge in [-0.15, -0.1) is 0 Å². The predicted octanol–water partition coefficient (Wildman–Crippen LogP) is 0.0959. The highest BCUT2D eigenvalue weighted by atomic mass is 16.8. The number of amidine groups is 1. The van der Waals surface area contributed by atoms with E-state index in [-0.39, 0.29) is 36.4 Å². The maximum atomic E-state index is 11.7. The smallest absolute Gasteiger partial charge is 0.297 e. The quantitative estimate of drug-likeness (QED) is 0.627. The Kier molecular flexibility index (Phi) is 2.47. The van der Waals surface area contributed by atoms with Crippen LogP contribution < -0.4 is 0 Å². The van der Waals surface area contributed by atoms with Crippen LogP contribution in [0.25, 0.3) is 0 Å². The Hall–Kier alpha value is -1.18. The van der Waals surface area contributed by atoms with E-state index in [1.807, 2.05) is 25.7 Å². The zero-order valence-corrected chi connectivity index (χ0v) is 11.7. The van der Waals surface area contributed by atoms with Crippen LogP contribution in [0.3, 0.4) is 0 Å². The third-order valence-corrected chi connectivity index (χ3v) is 4.15. The number of nitrogens with zero attached hydrogens (tertiary/aromatic N) is 2. The Balaban J connectivity index is 1.68. The minimum Gasteiger partial charge on any atom is -0.462 e. The van der Waals surface area contributed by atoms with E-state index in [2.05, 4.69) is 4.99 Å². The van der Waals surface area contributed by atoms with E-state index in [4.69, 9.17) is 18.9 Å². The van der Waals surface area contributed by atoms with Gasteiger partial charge in [-0.25, -0.2) is 0 Å². The molecule has 4 heterocycles. The lowest BCUT2D eigenvalue weighted by molar-refractivity contribution is -0.198. The number of amides is 1. The van der Waals surface area contributed by atoms with Crippen LogP contribution in [0.5, 0.6) is 0 Å². The first-order valence-electron chi connectivity index (χ1n) is 6.98. The zero-order chi connectivity index (χ0) is 14.1. The van der Waals surface area contributed by atoms with E-state index in [1.54, 1.807) is 0 Å². The third-order valence-electron chi connectivity index (χ3n) is 4.15. The van der Waals surface area contributed by atoms with E-state index in [0.29, 0.717) is 19.2 Å². The normalized spacial score (nSPS) is 45.4. The molecule has 0 aromatic carbocycles. The van der Waals surface area contributed by atoms with E-state index >= 15 is 0 Å². The summed E-state index contributed by atoms with van der Waals surface area (Å²) in [6, 6.07) is 0.354. The minimum atomic E-state index is -0.617. The molecule has 3 saturated heterocycles. The summed E-state index contributed by atoms with van der Waals surface area (Å²) in [5, 5.41) is 0. The molecule has 4 aliphatic heterocycles. The predicted molar refractivity (Wildman–Crippen MR) is 66.8 cm³/mol. The lowest BCUT2D eigenvalue weighted by Crippen LogP contribution is -2.53. The lowest BCUT2D eigenvalue weighted by Gasteiger charge is -2.35. The van der Waals surface area contributed by atoms with Crippen molar-refractivity contribution in [3.05, 3.63) is 0 Å². The first-order valence-corrected chi connectivity index (χ1v) is 6.98. The van der Waals surface area contributed by atoms with E-state index in [1.165, 1.54) is 0 Å². The van der Waals surface area contributed by atoms with Crippen molar-refractivity contribution >= 4 is 11.9 Å². The van der Waals surface area contributed by atoms with Gasteiger partial charge in [0.15, 0.2) is 12.0 Å². The van der Waals surface area contributed by atoms with Crippen molar-refractivity contribution in [1.29, 1.82) is 0 Å². The molecule has 0 aromatic heterocycles. The molecule has 7 nitrogen and oxygen atoms in total. The topological polar surface area (TPSA) is 69.6 Å². The first-order chi connectivity index (χ1) is 9.44. The summed E-state index contributed by atoms with van der Waals surface area (Å²) in [6.07, 6.45) is -0.803. The second-order valence-electron chi connectivity index (χ2n) is 6.23. The van der Waals surface area contributed by atoms with Crippen molar-refractivity contribution in [3.8, 4) is 0 Å². The molecule has 5 atom stereocenters. The molecule has 0 aliphatic carbocycles. The highest BCUT2D eigenvalue weighted by Gasteiger charge is 2.59. The average molecular weight is 282 g/mol. The van der Waals surface area contributed by atoms with Gasteiger partial charge in [0.05, 0.1) is 5.92 Å². The number of hydrogen-bond acceptors (Lipinski definition) is 6. The molecule has 0 N–H and O–H groups in total. The Morgan fingerprint density at radius 2 is 2.05 bits per heavy atom. The maximum Gasteiger partial charge on any atom is 0.297 e. The molecule has 0 spiro atoms. The summed E-state index contributed by atoms with van der Waals surface area (Å²) in [7, 11) is 0. The van der Waals surface area contributed by atoms with Gasteiger partial charge in [0.25, 0.3) is 11.9 Å². The van der Waals surface area contributed by atoms with Crippen LogP contribution >= 0.6 is 0 Å². The SMILES string of the molecule is C[C@H]1CN2C(=NC1=O)OC[C@H]1O[C@@H]2[C@@H]2OC(C)(C)O[C@@H]21. The number of fused-ring (bicyclic) bond motifs is 7. The first kappa shape index (κ1) is 12.6. The zero-order valence-electron chi connectivity index (χ0n) is 11.7. The van der Waals surface area contributed by atoms with Crippen LogP contribution in [0.1, 0.15) is 20.8 Å². The highest BCUT2D eigenvalue weighted by Crippen LogP contribution is 2.41. The summed E-state index contributed by atoms with van der Waals surface area (Å²) in [5.74, 6) is -0.930. The molecule has 3 fully saturated rings.